The Hall–Kier alpha value is -3.03. The number of Topliss-reactive ketones (excluding diaryl/α,β-unsaturated/α-hetero) is 1. The molecule has 1 heterocycles. The van der Waals surface area contributed by atoms with E-state index in [1.165, 1.54) is 6.08 Å². The SMILES string of the molecule is CCC(=C/C(C)C/C=C/C(C)=C/C(CO)C(=O)C(C)C(O)C(C)C/C(C)=C/C(=O)O)/C=C/C1OC(=O)C=CC1C. The highest BCUT2D eigenvalue weighted by Gasteiger charge is 2.30. The highest BCUT2D eigenvalue weighted by atomic mass is 16.5. The summed E-state index contributed by atoms with van der Waals surface area (Å²) in [6.07, 6.45) is 17.1. The molecular formula is C33H48O7. The largest absolute Gasteiger partial charge is 0.478 e. The van der Waals surface area contributed by atoms with Crippen LogP contribution in [0.3, 0.4) is 0 Å². The molecule has 40 heavy (non-hydrogen) atoms. The van der Waals surface area contributed by atoms with Crippen LogP contribution in [0.4, 0.5) is 0 Å². The lowest BCUT2D eigenvalue weighted by atomic mass is 9.82. The molecule has 7 heteroatoms. The number of allylic oxidation sites excluding steroid dienone is 7. The summed E-state index contributed by atoms with van der Waals surface area (Å²) in [7, 11) is 0. The van der Waals surface area contributed by atoms with Crippen molar-refractivity contribution >= 4 is 17.7 Å². The van der Waals surface area contributed by atoms with E-state index in [1.807, 2.05) is 44.2 Å². The predicted molar refractivity (Wildman–Crippen MR) is 158 cm³/mol. The Morgan fingerprint density at radius 3 is 2.40 bits per heavy atom. The van der Waals surface area contributed by atoms with Gasteiger partial charge in [0.05, 0.1) is 18.6 Å². The van der Waals surface area contributed by atoms with Crippen LogP contribution in [-0.2, 0) is 19.1 Å². The van der Waals surface area contributed by atoms with Gasteiger partial charge in [-0.2, -0.15) is 0 Å². The van der Waals surface area contributed by atoms with Gasteiger partial charge in [0.1, 0.15) is 11.9 Å². The van der Waals surface area contributed by atoms with Crippen LogP contribution >= 0.6 is 0 Å². The van der Waals surface area contributed by atoms with E-state index in [2.05, 4.69) is 19.9 Å². The lowest BCUT2D eigenvalue weighted by molar-refractivity contribution is -0.143. The second-order valence-corrected chi connectivity index (χ2v) is 11.1. The van der Waals surface area contributed by atoms with Gasteiger partial charge >= 0.3 is 11.9 Å². The maximum Gasteiger partial charge on any atom is 0.331 e. The van der Waals surface area contributed by atoms with Crippen LogP contribution in [0.2, 0.25) is 0 Å². The first-order chi connectivity index (χ1) is 18.8. The van der Waals surface area contributed by atoms with E-state index in [1.54, 1.807) is 26.8 Å². The highest BCUT2D eigenvalue weighted by Crippen LogP contribution is 2.24. The van der Waals surface area contributed by atoms with E-state index in [-0.39, 0.29) is 42.2 Å². The fourth-order valence-corrected chi connectivity index (χ4v) is 4.74. The summed E-state index contributed by atoms with van der Waals surface area (Å²) in [4.78, 5) is 35.4. The van der Waals surface area contributed by atoms with Gasteiger partial charge in [-0.05, 0) is 51.0 Å². The minimum Gasteiger partial charge on any atom is -0.478 e. The van der Waals surface area contributed by atoms with Crippen molar-refractivity contribution < 1.29 is 34.4 Å². The molecule has 0 aromatic carbocycles. The van der Waals surface area contributed by atoms with Crippen molar-refractivity contribution in [1.29, 1.82) is 0 Å². The smallest absolute Gasteiger partial charge is 0.331 e. The number of cyclic esters (lactones) is 1. The Labute approximate surface area is 239 Å². The number of aliphatic carboxylic acids is 1. The van der Waals surface area contributed by atoms with Crippen LogP contribution in [0, 0.1) is 29.6 Å². The number of ketones is 1. The van der Waals surface area contributed by atoms with Gasteiger partial charge in [-0.1, -0.05) is 87.8 Å². The van der Waals surface area contributed by atoms with Gasteiger partial charge in [0.2, 0.25) is 0 Å². The second-order valence-electron chi connectivity index (χ2n) is 11.1. The third kappa shape index (κ3) is 12.4. The van der Waals surface area contributed by atoms with Crippen molar-refractivity contribution in [2.75, 3.05) is 6.61 Å². The predicted octanol–water partition coefficient (Wildman–Crippen LogP) is 5.76. The molecule has 1 aliphatic heterocycles. The van der Waals surface area contributed by atoms with Crippen molar-refractivity contribution in [3.63, 3.8) is 0 Å². The maximum atomic E-state index is 13.0. The molecule has 7 unspecified atom stereocenters. The Kier molecular flexibility index (Phi) is 15.4. The number of aliphatic hydroxyl groups excluding tert-OH is 2. The summed E-state index contributed by atoms with van der Waals surface area (Å²) >= 11 is 0. The van der Waals surface area contributed by atoms with Gasteiger partial charge in [0, 0.05) is 24.0 Å². The molecule has 0 fully saturated rings. The number of carboxylic acids is 1. The van der Waals surface area contributed by atoms with E-state index in [0.29, 0.717) is 12.0 Å². The molecule has 0 bridgehead atoms. The molecule has 1 aliphatic rings. The van der Waals surface area contributed by atoms with Crippen molar-refractivity contribution in [2.24, 2.45) is 29.6 Å². The molecule has 0 radical (unpaired) electrons. The topological polar surface area (TPSA) is 121 Å². The maximum absolute atomic E-state index is 13.0. The van der Waals surface area contributed by atoms with Crippen LogP contribution in [0.1, 0.15) is 67.7 Å². The molecule has 3 N–H and O–H groups in total. The summed E-state index contributed by atoms with van der Waals surface area (Å²) in [5.41, 5.74) is 2.62. The summed E-state index contributed by atoms with van der Waals surface area (Å²) in [5, 5.41) is 29.5. The fourth-order valence-electron chi connectivity index (χ4n) is 4.74. The molecule has 7 nitrogen and oxygen atoms in total. The van der Waals surface area contributed by atoms with Crippen molar-refractivity contribution in [2.45, 2.75) is 79.9 Å². The molecule has 0 amide bonds. The van der Waals surface area contributed by atoms with Crippen LogP contribution in [-0.4, -0.2) is 51.9 Å². The summed E-state index contributed by atoms with van der Waals surface area (Å²) in [6.45, 7) is 12.8. The number of carboxylic acid groups (broad SMARTS) is 1. The fraction of sp³-hybridized carbons (Fsp3) is 0.545. The highest BCUT2D eigenvalue weighted by molar-refractivity contribution is 5.85. The zero-order chi connectivity index (χ0) is 30.4. The molecular weight excluding hydrogens is 508 g/mol. The Morgan fingerprint density at radius 2 is 1.80 bits per heavy atom. The first-order valence-electron chi connectivity index (χ1n) is 14.1. The number of hydrogen-bond donors (Lipinski definition) is 3. The van der Waals surface area contributed by atoms with Crippen molar-refractivity contribution in [3.05, 3.63) is 71.4 Å². The number of carbonyl (C=O) groups excluding carboxylic acids is 2. The average Bonchev–Trinajstić information content (AvgIpc) is 2.89. The third-order valence-electron chi connectivity index (χ3n) is 7.19. The van der Waals surface area contributed by atoms with Gasteiger partial charge in [-0.25, -0.2) is 9.59 Å². The number of ether oxygens (including phenoxy) is 1. The van der Waals surface area contributed by atoms with Gasteiger partial charge in [0.15, 0.2) is 0 Å². The normalized spacial score (nSPS) is 22.7. The average molecular weight is 557 g/mol. The number of aliphatic hydroxyl groups is 2. The zero-order valence-electron chi connectivity index (χ0n) is 25.0. The lowest BCUT2D eigenvalue weighted by Gasteiger charge is -2.26. The zero-order valence-corrected chi connectivity index (χ0v) is 25.0. The monoisotopic (exact) mass is 556 g/mol. The van der Waals surface area contributed by atoms with E-state index in [9.17, 15) is 24.6 Å². The summed E-state index contributed by atoms with van der Waals surface area (Å²) in [6, 6.07) is 0. The molecule has 7 atom stereocenters. The molecule has 0 saturated carbocycles. The standard InChI is InChI=1S/C33H48O7/c1-8-27(13-14-29-24(5)12-15-31(37)40-29)17-21(2)10-9-11-22(3)18-28(20-34)33(39)26(7)32(38)25(6)16-23(4)19-30(35)36/h9,11-15,17-19,21,24-26,28-29,32,34,38H,8,10,16,20H2,1-7H3,(H,35,36)/b11-9+,14-13+,22-18+,23-19+,27-17-. The summed E-state index contributed by atoms with van der Waals surface area (Å²) in [5.74, 6) is -2.97. The third-order valence-corrected chi connectivity index (χ3v) is 7.19. The Balaban J connectivity index is 2.76. The van der Waals surface area contributed by atoms with Crippen LogP contribution in [0.5, 0.6) is 0 Å². The first-order valence-corrected chi connectivity index (χ1v) is 14.1. The molecule has 1 rings (SSSR count). The van der Waals surface area contributed by atoms with Crippen molar-refractivity contribution in [1.82, 2.24) is 0 Å². The van der Waals surface area contributed by atoms with E-state index < -0.39 is 23.9 Å². The van der Waals surface area contributed by atoms with Gasteiger partial charge in [0.25, 0.3) is 0 Å². The van der Waals surface area contributed by atoms with E-state index in [4.69, 9.17) is 9.84 Å². The number of hydrogen-bond acceptors (Lipinski definition) is 6. The quantitative estimate of drug-likeness (QED) is 0.126. The van der Waals surface area contributed by atoms with E-state index >= 15 is 0 Å². The first kappa shape index (κ1) is 35.0. The van der Waals surface area contributed by atoms with Gasteiger partial charge < -0.3 is 20.1 Å². The van der Waals surface area contributed by atoms with E-state index in [0.717, 1.165) is 30.1 Å². The van der Waals surface area contributed by atoms with Crippen LogP contribution in [0.15, 0.2) is 71.4 Å². The molecule has 0 aromatic rings. The summed E-state index contributed by atoms with van der Waals surface area (Å²) < 4.78 is 5.38. The van der Waals surface area contributed by atoms with Gasteiger partial charge in [-0.15, -0.1) is 0 Å². The molecule has 0 aliphatic carbocycles. The van der Waals surface area contributed by atoms with Crippen molar-refractivity contribution in [3.8, 4) is 0 Å². The molecule has 0 spiro atoms. The Morgan fingerprint density at radius 1 is 1.12 bits per heavy atom. The molecule has 222 valence electrons. The minimum absolute atomic E-state index is 0.136. The van der Waals surface area contributed by atoms with Crippen LogP contribution in [0.25, 0.3) is 0 Å². The number of esters is 1. The lowest BCUT2D eigenvalue weighted by Crippen LogP contribution is -2.35. The molecule has 0 saturated heterocycles. The number of rotatable bonds is 16. The molecule has 0 aromatic heterocycles. The number of carbonyl (C=O) groups is 3. The Bertz CT molecular complexity index is 1040. The minimum atomic E-state index is -1.04. The van der Waals surface area contributed by atoms with Crippen LogP contribution < -0.4 is 0 Å². The second kappa shape index (κ2) is 17.6. The van der Waals surface area contributed by atoms with Gasteiger partial charge in [-0.3, -0.25) is 4.79 Å².